The van der Waals surface area contributed by atoms with Gasteiger partial charge in [0.15, 0.2) is 0 Å². The lowest BCUT2D eigenvalue weighted by molar-refractivity contribution is 0.238. The van der Waals surface area contributed by atoms with Gasteiger partial charge in [-0.3, -0.25) is 4.98 Å². The van der Waals surface area contributed by atoms with Crippen LogP contribution in [0.15, 0.2) is 24.5 Å². The number of rotatable bonds is 3. The summed E-state index contributed by atoms with van der Waals surface area (Å²) in [6, 6.07) is 4.53. The first-order valence-corrected chi connectivity index (χ1v) is 7.90. The second-order valence-corrected chi connectivity index (χ2v) is 6.60. The average Bonchev–Trinajstić information content (AvgIpc) is 2.39. The summed E-state index contributed by atoms with van der Waals surface area (Å²) in [6.07, 6.45) is 7.54. The molecule has 0 spiro atoms. The first-order valence-electron chi connectivity index (χ1n) is 6.72. The lowest BCUT2D eigenvalue weighted by Gasteiger charge is -2.34. The Kier molecular flexibility index (Phi) is 5.60. The fraction of sp³-hybridized carbons (Fsp3) is 0.571. The van der Waals surface area contributed by atoms with Crippen LogP contribution < -0.4 is 0 Å². The molecule has 1 aromatic rings. The molecule has 2 rings (SSSR count). The van der Waals surface area contributed by atoms with Gasteiger partial charge in [-0.2, -0.15) is 0 Å². The molecule has 0 amide bonds. The number of aromatic nitrogens is 1. The number of piperidine rings is 1. The molecule has 1 unspecified atom stereocenters. The van der Waals surface area contributed by atoms with E-state index in [9.17, 15) is 0 Å². The van der Waals surface area contributed by atoms with Crippen molar-refractivity contribution >= 4 is 28.5 Å². The maximum atomic E-state index is 5.57. The van der Waals surface area contributed by atoms with Crippen LogP contribution in [0.3, 0.4) is 0 Å². The summed E-state index contributed by atoms with van der Waals surface area (Å²) in [6.45, 7) is 5.05. The second kappa shape index (κ2) is 7.22. The number of pyridine rings is 1. The molecule has 0 bridgehead atoms. The fourth-order valence-electron chi connectivity index (χ4n) is 2.23. The van der Waals surface area contributed by atoms with Gasteiger partial charge in [-0.25, -0.2) is 4.31 Å². The smallest absolute Gasteiger partial charge is 0.235 e. The Morgan fingerprint density at radius 2 is 2.37 bits per heavy atom. The van der Waals surface area contributed by atoms with E-state index < -0.39 is 0 Å². The van der Waals surface area contributed by atoms with Crippen LogP contribution in [0.5, 0.6) is 0 Å². The van der Waals surface area contributed by atoms with Gasteiger partial charge in [0.1, 0.15) is 0 Å². The highest BCUT2D eigenvalue weighted by atomic mass is 32.2. The molecule has 0 radical (unpaired) electrons. The van der Waals surface area contributed by atoms with Crippen LogP contribution in [0.1, 0.15) is 44.7 Å². The Hall–Kier alpha value is -0.650. The minimum atomic E-state index is 0.140. The van der Waals surface area contributed by atoms with Crippen LogP contribution in [0, 0.1) is 0 Å². The molecule has 104 valence electrons. The minimum Gasteiger partial charge on any atom is -0.475 e. The molecule has 1 atom stereocenters. The molecule has 1 aliphatic rings. The Labute approximate surface area is 124 Å². The zero-order valence-corrected chi connectivity index (χ0v) is 13.0. The number of thiocarbonyl (C=S) groups is 1. The Bertz CT molecular complexity index is 411. The van der Waals surface area contributed by atoms with Gasteiger partial charge in [0, 0.05) is 36.9 Å². The first-order chi connectivity index (χ1) is 9.16. The zero-order chi connectivity index (χ0) is 13.7. The van der Waals surface area contributed by atoms with Crippen molar-refractivity contribution in [3.63, 3.8) is 0 Å². The molecular formula is C14H20N2OS2. The van der Waals surface area contributed by atoms with Crippen LogP contribution in [-0.2, 0) is 4.74 Å². The quantitative estimate of drug-likeness (QED) is 0.621. The Balaban J connectivity index is 2.02. The zero-order valence-electron chi connectivity index (χ0n) is 11.4. The largest absolute Gasteiger partial charge is 0.475 e. The van der Waals surface area contributed by atoms with Crippen molar-refractivity contribution in [2.75, 3.05) is 6.54 Å². The van der Waals surface area contributed by atoms with Crippen LogP contribution >= 0.6 is 24.2 Å². The third kappa shape index (κ3) is 4.44. The molecule has 0 saturated carbocycles. The van der Waals surface area contributed by atoms with E-state index in [1.165, 1.54) is 18.4 Å². The van der Waals surface area contributed by atoms with Gasteiger partial charge < -0.3 is 4.74 Å². The summed E-state index contributed by atoms with van der Waals surface area (Å²) < 4.78 is 8.53. The minimum absolute atomic E-state index is 0.140. The third-order valence-corrected chi connectivity index (χ3v) is 4.28. The maximum absolute atomic E-state index is 5.57. The predicted molar refractivity (Wildman–Crippen MR) is 83.9 cm³/mol. The normalized spacial score (nSPS) is 20.5. The highest BCUT2D eigenvalue weighted by Crippen LogP contribution is 2.36. The fourth-order valence-corrected chi connectivity index (χ4v) is 3.71. The van der Waals surface area contributed by atoms with Gasteiger partial charge in [-0.1, -0.05) is 12.5 Å². The summed E-state index contributed by atoms with van der Waals surface area (Å²) in [5, 5.41) is 0. The van der Waals surface area contributed by atoms with E-state index in [1.807, 2.05) is 32.3 Å². The van der Waals surface area contributed by atoms with Gasteiger partial charge in [0.05, 0.1) is 6.10 Å². The average molecular weight is 296 g/mol. The van der Waals surface area contributed by atoms with Crippen molar-refractivity contribution in [1.82, 2.24) is 9.29 Å². The summed E-state index contributed by atoms with van der Waals surface area (Å²) in [7, 11) is 0. The summed E-state index contributed by atoms with van der Waals surface area (Å²) >= 11 is 6.86. The van der Waals surface area contributed by atoms with Crippen LogP contribution in [-0.4, -0.2) is 26.3 Å². The number of nitrogens with zero attached hydrogens (tertiary/aromatic N) is 2. The van der Waals surface area contributed by atoms with E-state index in [-0.39, 0.29) is 6.10 Å². The van der Waals surface area contributed by atoms with Gasteiger partial charge in [0.2, 0.25) is 4.38 Å². The number of hydrogen-bond acceptors (Lipinski definition) is 5. The molecule has 1 fully saturated rings. The predicted octanol–water partition coefficient (Wildman–Crippen LogP) is 3.97. The standard InChI is InChI=1S/C14H20N2OS2/c1-11(2)17-14(18)19-16-9-4-3-7-13(16)12-6-5-8-15-10-12/h5-6,8,10-11,13H,3-4,7,9H2,1-2H3. The number of ether oxygens (including phenoxy) is 1. The molecule has 1 aliphatic heterocycles. The SMILES string of the molecule is CC(C)OC(=S)SN1CCCCC1c1cccnc1. The van der Waals surface area contributed by atoms with Gasteiger partial charge in [-0.15, -0.1) is 0 Å². The van der Waals surface area contributed by atoms with E-state index >= 15 is 0 Å². The molecule has 0 N–H and O–H groups in total. The molecule has 2 heterocycles. The second-order valence-electron chi connectivity index (χ2n) is 4.95. The molecule has 5 heteroatoms. The van der Waals surface area contributed by atoms with Crippen molar-refractivity contribution < 1.29 is 4.74 Å². The van der Waals surface area contributed by atoms with Crippen LogP contribution in [0.2, 0.25) is 0 Å². The molecule has 1 aromatic heterocycles. The van der Waals surface area contributed by atoms with E-state index in [0.29, 0.717) is 10.4 Å². The van der Waals surface area contributed by atoms with Crippen molar-refractivity contribution in [3.05, 3.63) is 30.1 Å². The molecular weight excluding hydrogens is 276 g/mol. The topological polar surface area (TPSA) is 25.4 Å². The molecule has 0 aromatic carbocycles. The molecule has 19 heavy (non-hydrogen) atoms. The monoisotopic (exact) mass is 296 g/mol. The van der Waals surface area contributed by atoms with E-state index in [1.54, 1.807) is 11.9 Å². The van der Waals surface area contributed by atoms with E-state index in [4.69, 9.17) is 17.0 Å². The summed E-state index contributed by atoms with van der Waals surface area (Å²) in [5.74, 6) is 0. The van der Waals surface area contributed by atoms with Crippen molar-refractivity contribution in [2.24, 2.45) is 0 Å². The molecule has 3 nitrogen and oxygen atoms in total. The third-order valence-electron chi connectivity index (χ3n) is 3.05. The Morgan fingerprint density at radius 1 is 1.53 bits per heavy atom. The summed E-state index contributed by atoms with van der Waals surface area (Å²) in [4.78, 5) is 4.22. The van der Waals surface area contributed by atoms with Crippen LogP contribution in [0.25, 0.3) is 0 Å². The van der Waals surface area contributed by atoms with Gasteiger partial charge in [-0.05, 0) is 50.5 Å². The van der Waals surface area contributed by atoms with Gasteiger partial charge in [0.25, 0.3) is 0 Å². The van der Waals surface area contributed by atoms with Gasteiger partial charge >= 0.3 is 0 Å². The van der Waals surface area contributed by atoms with Crippen molar-refractivity contribution in [2.45, 2.75) is 45.3 Å². The highest BCUT2D eigenvalue weighted by Gasteiger charge is 2.26. The van der Waals surface area contributed by atoms with Crippen molar-refractivity contribution in [3.8, 4) is 0 Å². The highest BCUT2D eigenvalue weighted by molar-refractivity contribution is 8.21. The van der Waals surface area contributed by atoms with E-state index in [2.05, 4.69) is 15.4 Å². The summed E-state index contributed by atoms with van der Waals surface area (Å²) in [5.41, 5.74) is 1.27. The number of hydrogen-bond donors (Lipinski definition) is 0. The maximum Gasteiger partial charge on any atom is 0.235 e. The lowest BCUT2D eigenvalue weighted by atomic mass is 9.99. The molecule has 0 aliphatic carbocycles. The first kappa shape index (κ1) is 14.8. The van der Waals surface area contributed by atoms with Crippen LogP contribution in [0.4, 0.5) is 0 Å². The molecule has 1 saturated heterocycles. The lowest BCUT2D eigenvalue weighted by Crippen LogP contribution is -2.29. The Morgan fingerprint density at radius 3 is 3.05 bits per heavy atom. The van der Waals surface area contributed by atoms with E-state index in [0.717, 1.165) is 13.0 Å². The van der Waals surface area contributed by atoms with Crippen molar-refractivity contribution in [1.29, 1.82) is 0 Å².